The van der Waals surface area contributed by atoms with Gasteiger partial charge in [-0.25, -0.2) is 0 Å². The summed E-state index contributed by atoms with van der Waals surface area (Å²) in [6.45, 7) is 21.5. The molecule has 0 aliphatic carbocycles. The van der Waals surface area contributed by atoms with Crippen LogP contribution in [-0.4, -0.2) is 26.2 Å². The van der Waals surface area contributed by atoms with Crippen LogP contribution in [0.25, 0.3) is 0 Å². The molecule has 0 atom stereocenters. The summed E-state index contributed by atoms with van der Waals surface area (Å²) in [5.41, 5.74) is 2.78. The van der Waals surface area contributed by atoms with Crippen LogP contribution in [0.4, 0.5) is 0 Å². The summed E-state index contributed by atoms with van der Waals surface area (Å²) in [4.78, 5) is 0. The van der Waals surface area contributed by atoms with Gasteiger partial charge in [-0.3, -0.25) is 0 Å². The molecule has 0 fully saturated rings. The van der Waals surface area contributed by atoms with Crippen LogP contribution in [0.5, 0.6) is 0 Å². The van der Waals surface area contributed by atoms with Gasteiger partial charge in [0.05, 0.1) is 0 Å². The lowest BCUT2D eigenvalue weighted by Crippen LogP contribution is -2.18. The second kappa shape index (κ2) is 11.4. The first kappa shape index (κ1) is 18.5. The molecule has 0 saturated carbocycles. The lowest BCUT2D eigenvalue weighted by Gasteiger charge is -2.12. The highest BCUT2D eigenvalue weighted by molar-refractivity contribution is 5.39. The van der Waals surface area contributed by atoms with E-state index in [0.29, 0.717) is 12.4 Å². The van der Waals surface area contributed by atoms with Gasteiger partial charge in [-0.1, -0.05) is 40.0 Å². The Bertz CT molecular complexity index is 356. The summed E-state index contributed by atoms with van der Waals surface area (Å²) in [6, 6.07) is 0. The molecule has 0 aromatic carbocycles. The molecule has 2 N–H and O–H groups in total. The second-order valence-corrected chi connectivity index (χ2v) is 4.74. The van der Waals surface area contributed by atoms with E-state index in [0.717, 1.165) is 42.9 Å². The predicted molar refractivity (Wildman–Crippen MR) is 88.6 cm³/mol. The van der Waals surface area contributed by atoms with Crippen molar-refractivity contribution in [2.24, 2.45) is 0 Å². The van der Waals surface area contributed by atoms with Crippen molar-refractivity contribution in [2.75, 3.05) is 26.2 Å². The third kappa shape index (κ3) is 8.59. The zero-order chi connectivity index (χ0) is 15.4. The largest absolute Gasteiger partial charge is 0.492 e. The highest BCUT2D eigenvalue weighted by Gasteiger charge is 2.01. The lowest BCUT2D eigenvalue weighted by atomic mass is 10.1. The Morgan fingerprint density at radius 2 is 1.85 bits per heavy atom. The Labute approximate surface area is 124 Å². The van der Waals surface area contributed by atoms with Crippen molar-refractivity contribution < 1.29 is 4.74 Å². The lowest BCUT2D eigenvalue weighted by molar-refractivity contribution is 0.224. The number of hydrogen-bond acceptors (Lipinski definition) is 3. The fourth-order valence-corrected chi connectivity index (χ4v) is 1.50. The number of unbranched alkanes of at least 4 members (excludes halogenated alkanes) is 1. The highest BCUT2D eigenvalue weighted by atomic mass is 16.5. The molecule has 0 heterocycles. The number of hydrogen-bond donors (Lipinski definition) is 2. The first-order valence-corrected chi connectivity index (χ1v) is 7.36. The number of likely N-dealkylation sites (N-methyl/N-ethyl adjacent to an activating group) is 1. The van der Waals surface area contributed by atoms with Crippen molar-refractivity contribution in [3.8, 4) is 0 Å². The molecule has 20 heavy (non-hydrogen) atoms. The molecule has 0 radical (unpaired) electrons. The van der Waals surface area contributed by atoms with Gasteiger partial charge >= 0.3 is 0 Å². The summed E-state index contributed by atoms with van der Waals surface area (Å²) < 4.78 is 5.53. The molecular weight excluding hydrogens is 248 g/mol. The molecule has 0 rings (SSSR count). The van der Waals surface area contributed by atoms with Crippen LogP contribution < -0.4 is 10.6 Å². The van der Waals surface area contributed by atoms with Crippen molar-refractivity contribution in [1.82, 2.24) is 10.6 Å². The first-order chi connectivity index (χ1) is 9.52. The SMILES string of the molecule is C=C(/C=C(/C)C(=C)NCCCC)C(=C)OCCNCC. The summed E-state index contributed by atoms with van der Waals surface area (Å²) >= 11 is 0. The van der Waals surface area contributed by atoms with Crippen LogP contribution in [0.1, 0.15) is 33.6 Å². The molecule has 0 unspecified atom stereocenters. The standard InChI is InChI=1S/C17H30N2O/c1-7-9-10-19-16(5)14(3)13-15(4)17(6)20-12-11-18-8-2/h13,18-19H,4-12H2,1-3H3/b14-13-. The van der Waals surface area contributed by atoms with Crippen LogP contribution in [0, 0.1) is 0 Å². The Morgan fingerprint density at radius 3 is 2.45 bits per heavy atom. The molecule has 114 valence electrons. The van der Waals surface area contributed by atoms with E-state index < -0.39 is 0 Å². The minimum Gasteiger partial charge on any atom is -0.492 e. The number of rotatable bonds is 12. The van der Waals surface area contributed by atoms with Gasteiger partial charge in [-0.15, -0.1) is 0 Å². The predicted octanol–water partition coefficient (Wildman–Crippen LogP) is 3.53. The molecule has 0 aliphatic heterocycles. The third-order valence-corrected chi connectivity index (χ3v) is 2.90. The van der Waals surface area contributed by atoms with E-state index >= 15 is 0 Å². The van der Waals surface area contributed by atoms with Gasteiger partial charge in [0.15, 0.2) is 0 Å². The Hall–Kier alpha value is -1.48. The maximum absolute atomic E-state index is 5.53. The smallest absolute Gasteiger partial charge is 0.118 e. The highest BCUT2D eigenvalue weighted by Crippen LogP contribution is 2.13. The topological polar surface area (TPSA) is 33.3 Å². The van der Waals surface area contributed by atoms with Crippen molar-refractivity contribution in [3.05, 3.63) is 48.4 Å². The average molecular weight is 278 g/mol. The zero-order valence-electron chi connectivity index (χ0n) is 13.3. The monoisotopic (exact) mass is 278 g/mol. The van der Waals surface area contributed by atoms with E-state index in [1.807, 2.05) is 13.0 Å². The maximum Gasteiger partial charge on any atom is 0.118 e. The number of nitrogens with one attached hydrogen (secondary N) is 2. The van der Waals surface area contributed by atoms with Gasteiger partial charge in [0, 0.05) is 24.4 Å². The van der Waals surface area contributed by atoms with E-state index in [-0.39, 0.29) is 0 Å². The van der Waals surface area contributed by atoms with Crippen LogP contribution in [0.2, 0.25) is 0 Å². The molecule has 0 aliphatic rings. The molecule has 0 aromatic rings. The molecule has 3 nitrogen and oxygen atoms in total. The molecule has 0 aromatic heterocycles. The normalized spacial score (nSPS) is 11.1. The van der Waals surface area contributed by atoms with Crippen LogP contribution in [-0.2, 0) is 4.74 Å². The quantitative estimate of drug-likeness (QED) is 0.325. The number of allylic oxidation sites excluding steroid dienone is 2. The van der Waals surface area contributed by atoms with Crippen LogP contribution in [0.15, 0.2) is 48.4 Å². The van der Waals surface area contributed by atoms with Crippen molar-refractivity contribution >= 4 is 0 Å². The van der Waals surface area contributed by atoms with Gasteiger partial charge in [-0.05, 0) is 31.5 Å². The summed E-state index contributed by atoms with van der Waals surface area (Å²) in [5.74, 6) is 0.614. The zero-order valence-corrected chi connectivity index (χ0v) is 13.3. The van der Waals surface area contributed by atoms with Gasteiger partial charge < -0.3 is 15.4 Å². The van der Waals surface area contributed by atoms with E-state index in [2.05, 4.69) is 44.2 Å². The molecule has 0 saturated heterocycles. The molecule has 0 bridgehead atoms. The van der Waals surface area contributed by atoms with Crippen LogP contribution >= 0.6 is 0 Å². The van der Waals surface area contributed by atoms with E-state index in [1.54, 1.807) is 0 Å². The van der Waals surface area contributed by atoms with Crippen molar-refractivity contribution in [2.45, 2.75) is 33.6 Å². The van der Waals surface area contributed by atoms with E-state index in [1.165, 1.54) is 6.42 Å². The van der Waals surface area contributed by atoms with Gasteiger partial charge in [0.25, 0.3) is 0 Å². The maximum atomic E-state index is 5.53. The minimum absolute atomic E-state index is 0.605. The Balaban J connectivity index is 4.15. The summed E-state index contributed by atoms with van der Waals surface area (Å²) in [7, 11) is 0. The fourth-order valence-electron chi connectivity index (χ4n) is 1.50. The van der Waals surface area contributed by atoms with Crippen LogP contribution in [0.3, 0.4) is 0 Å². The average Bonchev–Trinajstić information content (AvgIpc) is 2.43. The number of ether oxygens (including phenoxy) is 1. The summed E-state index contributed by atoms with van der Waals surface area (Å²) in [5, 5.41) is 6.50. The molecule has 0 spiro atoms. The van der Waals surface area contributed by atoms with E-state index in [9.17, 15) is 0 Å². The fraction of sp³-hybridized carbons (Fsp3) is 0.529. The van der Waals surface area contributed by atoms with E-state index in [4.69, 9.17) is 4.74 Å². The second-order valence-electron chi connectivity index (χ2n) is 4.74. The molecule has 0 amide bonds. The minimum atomic E-state index is 0.605. The Morgan fingerprint density at radius 1 is 1.15 bits per heavy atom. The van der Waals surface area contributed by atoms with Crippen molar-refractivity contribution in [1.29, 1.82) is 0 Å². The van der Waals surface area contributed by atoms with Gasteiger partial charge in [0.1, 0.15) is 12.4 Å². The summed E-state index contributed by atoms with van der Waals surface area (Å²) in [6.07, 6.45) is 4.27. The van der Waals surface area contributed by atoms with Crippen molar-refractivity contribution in [3.63, 3.8) is 0 Å². The molecular formula is C17H30N2O. The van der Waals surface area contributed by atoms with Gasteiger partial charge in [0.2, 0.25) is 0 Å². The molecule has 3 heteroatoms. The van der Waals surface area contributed by atoms with Gasteiger partial charge in [-0.2, -0.15) is 0 Å². The first-order valence-electron chi connectivity index (χ1n) is 7.36. The Kier molecular flexibility index (Phi) is 10.5. The third-order valence-electron chi connectivity index (χ3n) is 2.90.